The fourth-order valence-electron chi connectivity index (χ4n) is 3.08. The van der Waals surface area contributed by atoms with Crippen LogP contribution in [0.15, 0.2) is 60.3 Å². The lowest BCUT2D eigenvalue weighted by Gasteiger charge is -2.26. The number of para-hydroxylation sites is 1. The van der Waals surface area contributed by atoms with Crippen LogP contribution >= 0.6 is 0 Å². The van der Waals surface area contributed by atoms with Crippen molar-refractivity contribution in [3.05, 3.63) is 77.0 Å². The number of aryl methyl sites for hydroxylation is 1. The molecule has 0 aliphatic carbocycles. The van der Waals surface area contributed by atoms with Crippen LogP contribution in [-0.2, 0) is 11.3 Å². The van der Waals surface area contributed by atoms with Crippen molar-refractivity contribution in [1.29, 1.82) is 5.26 Å². The molecule has 0 aliphatic rings. The number of rotatable bonds is 7. The number of carbonyl (C=O) groups is 1. The van der Waals surface area contributed by atoms with Crippen molar-refractivity contribution in [2.24, 2.45) is 0 Å². The number of anilines is 1. The Morgan fingerprint density at radius 3 is 2.36 bits per heavy atom. The summed E-state index contributed by atoms with van der Waals surface area (Å²) in [5.74, 6) is 0.0656. The predicted molar refractivity (Wildman–Crippen MR) is 115 cm³/mol. The van der Waals surface area contributed by atoms with Gasteiger partial charge in [0.15, 0.2) is 0 Å². The molecule has 0 saturated carbocycles. The minimum atomic E-state index is -0.270. The monoisotopic (exact) mass is 375 g/mol. The van der Waals surface area contributed by atoms with E-state index in [-0.39, 0.29) is 17.5 Å². The van der Waals surface area contributed by atoms with Crippen LogP contribution in [-0.4, -0.2) is 16.8 Å². The SMILES string of the molecule is Cc1cccc(C(C)C)c1N/C=C(/C#N)C(=O)N(Cc1ccccc1)C(C)C. The van der Waals surface area contributed by atoms with Crippen LogP contribution in [0.25, 0.3) is 0 Å². The van der Waals surface area contributed by atoms with Gasteiger partial charge in [-0.1, -0.05) is 62.4 Å². The third-order valence-electron chi connectivity index (χ3n) is 4.72. The molecule has 28 heavy (non-hydrogen) atoms. The second-order valence-electron chi connectivity index (χ2n) is 7.52. The van der Waals surface area contributed by atoms with E-state index < -0.39 is 0 Å². The zero-order chi connectivity index (χ0) is 20.7. The lowest BCUT2D eigenvalue weighted by Crippen LogP contribution is -2.37. The second kappa shape index (κ2) is 9.75. The van der Waals surface area contributed by atoms with Gasteiger partial charge in [-0.15, -0.1) is 0 Å². The van der Waals surface area contributed by atoms with Crippen LogP contribution in [0.3, 0.4) is 0 Å². The summed E-state index contributed by atoms with van der Waals surface area (Å²) in [7, 11) is 0. The van der Waals surface area contributed by atoms with Crippen molar-refractivity contribution >= 4 is 11.6 Å². The molecule has 0 spiro atoms. The molecule has 0 aromatic heterocycles. The molecule has 0 fully saturated rings. The molecule has 0 unspecified atom stereocenters. The van der Waals surface area contributed by atoms with Gasteiger partial charge in [0, 0.05) is 24.5 Å². The third kappa shape index (κ3) is 5.23. The largest absolute Gasteiger partial charge is 0.360 e. The van der Waals surface area contributed by atoms with Gasteiger partial charge < -0.3 is 10.2 Å². The maximum atomic E-state index is 13.0. The van der Waals surface area contributed by atoms with E-state index in [0.29, 0.717) is 12.5 Å². The Hall–Kier alpha value is -3.06. The summed E-state index contributed by atoms with van der Waals surface area (Å²) >= 11 is 0. The molecule has 4 heteroatoms. The number of nitriles is 1. The Morgan fingerprint density at radius 2 is 1.79 bits per heavy atom. The average molecular weight is 376 g/mol. The zero-order valence-electron chi connectivity index (χ0n) is 17.4. The van der Waals surface area contributed by atoms with Gasteiger partial charge in [0.05, 0.1) is 0 Å². The zero-order valence-corrected chi connectivity index (χ0v) is 17.4. The summed E-state index contributed by atoms with van der Waals surface area (Å²) in [6, 6.07) is 18.0. The summed E-state index contributed by atoms with van der Waals surface area (Å²) in [6.45, 7) is 10.7. The van der Waals surface area contributed by atoms with Crippen LogP contribution in [0, 0.1) is 18.3 Å². The molecule has 2 aromatic rings. The highest BCUT2D eigenvalue weighted by Gasteiger charge is 2.21. The predicted octanol–water partition coefficient (Wildman–Crippen LogP) is 5.38. The Labute approximate surface area is 168 Å². The smallest absolute Gasteiger partial charge is 0.266 e. The lowest BCUT2D eigenvalue weighted by atomic mass is 9.98. The fourth-order valence-corrected chi connectivity index (χ4v) is 3.08. The molecule has 0 heterocycles. The van der Waals surface area contributed by atoms with E-state index in [1.807, 2.05) is 63.2 Å². The standard InChI is InChI=1S/C24H29N3O/c1-17(2)22-13-9-10-19(5)23(22)26-15-21(14-25)24(28)27(18(3)4)16-20-11-7-6-8-12-20/h6-13,15,17-18,26H,16H2,1-5H3/b21-15-. The number of hydrogen-bond acceptors (Lipinski definition) is 3. The topological polar surface area (TPSA) is 56.1 Å². The fraction of sp³-hybridized carbons (Fsp3) is 0.333. The summed E-state index contributed by atoms with van der Waals surface area (Å²) in [4.78, 5) is 14.8. The first-order valence-corrected chi connectivity index (χ1v) is 9.66. The summed E-state index contributed by atoms with van der Waals surface area (Å²) in [6.07, 6.45) is 1.54. The average Bonchev–Trinajstić information content (AvgIpc) is 2.67. The van der Waals surface area contributed by atoms with Gasteiger partial charge in [-0.05, 0) is 43.4 Å². The summed E-state index contributed by atoms with van der Waals surface area (Å²) < 4.78 is 0. The van der Waals surface area contributed by atoms with Crippen molar-refractivity contribution in [3.63, 3.8) is 0 Å². The molecule has 2 rings (SSSR count). The van der Waals surface area contributed by atoms with Crippen LogP contribution in [0.5, 0.6) is 0 Å². The van der Waals surface area contributed by atoms with Gasteiger partial charge in [-0.25, -0.2) is 0 Å². The highest BCUT2D eigenvalue weighted by atomic mass is 16.2. The molecule has 2 aromatic carbocycles. The third-order valence-corrected chi connectivity index (χ3v) is 4.72. The molecular weight excluding hydrogens is 346 g/mol. The highest BCUT2D eigenvalue weighted by molar-refractivity contribution is 5.97. The van der Waals surface area contributed by atoms with Gasteiger partial charge in [0.1, 0.15) is 11.6 Å². The molecule has 1 amide bonds. The van der Waals surface area contributed by atoms with E-state index in [0.717, 1.165) is 22.4 Å². The molecular formula is C24H29N3O. The minimum Gasteiger partial charge on any atom is -0.360 e. The Bertz CT molecular complexity index is 876. The van der Waals surface area contributed by atoms with Gasteiger partial charge in [0.25, 0.3) is 5.91 Å². The highest BCUT2D eigenvalue weighted by Crippen LogP contribution is 2.27. The minimum absolute atomic E-state index is 0.0193. The number of amides is 1. The quantitative estimate of drug-likeness (QED) is 0.522. The number of carbonyl (C=O) groups excluding carboxylic acids is 1. The number of benzene rings is 2. The molecule has 0 aliphatic heterocycles. The van der Waals surface area contributed by atoms with Crippen molar-refractivity contribution in [2.75, 3.05) is 5.32 Å². The Balaban J connectivity index is 2.28. The van der Waals surface area contributed by atoms with E-state index in [2.05, 4.69) is 31.3 Å². The molecule has 0 saturated heterocycles. The first kappa shape index (κ1) is 21.2. The molecule has 0 radical (unpaired) electrons. The van der Waals surface area contributed by atoms with Gasteiger partial charge in [-0.3, -0.25) is 4.79 Å². The van der Waals surface area contributed by atoms with E-state index in [1.54, 1.807) is 4.90 Å². The van der Waals surface area contributed by atoms with E-state index in [9.17, 15) is 10.1 Å². The van der Waals surface area contributed by atoms with Crippen LogP contribution in [0.2, 0.25) is 0 Å². The first-order valence-electron chi connectivity index (χ1n) is 9.66. The maximum Gasteiger partial charge on any atom is 0.266 e. The molecule has 0 bridgehead atoms. The van der Waals surface area contributed by atoms with Crippen molar-refractivity contribution in [3.8, 4) is 6.07 Å². The Morgan fingerprint density at radius 1 is 1.11 bits per heavy atom. The van der Waals surface area contributed by atoms with Crippen molar-refractivity contribution in [2.45, 2.75) is 53.1 Å². The second-order valence-corrected chi connectivity index (χ2v) is 7.52. The van der Waals surface area contributed by atoms with Gasteiger partial charge >= 0.3 is 0 Å². The van der Waals surface area contributed by atoms with Crippen molar-refractivity contribution in [1.82, 2.24) is 4.90 Å². The van der Waals surface area contributed by atoms with Crippen LogP contribution in [0.4, 0.5) is 5.69 Å². The van der Waals surface area contributed by atoms with Crippen LogP contribution in [0.1, 0.15) is 50.3 Å². The molecule has 146 valence electrons. The van der Waals surface area contributed by atoms with E-state index >= 15 is 0 Å². The van der Waals surface area contributed by atoms with E-state index in [4.69, 9.17) is 0 Å². The number of nitrogens with zero attached hydrogens (tertiary/aromatic N) is 2. The summed E-state index contributed by atoms with van der Waals surface area (Å²) in [5, 5.41) is 12.8. The van der Waals surface area contributed by atoms with Gasteiger partial charge in [-0.2, -0.15) is 5.26 Å². The normalized spacial score (nSPS) is 11.4. The van der Waals surface area contributed by atoms with E-state index in [1.165, 1.54) is 6.20 Å². The molecule has 4 nitrogen and oxygen atoms in total. The number of nitrogens with one attached hydrogen (secondary N) is 1. The Kier molecular flexibility index (Phi) is 7.40. The summed E-state index contributed by atoms with van der Waals surface area (Å²) in [5.41, 5.74) is 4.33. The first-order chi connectivity index (χ1) is 13.3. The van der Waals surface area contributed by atoms with Gasteiger partial charge in [0.2, 0.25) is 0 Å². The number of hydrogen-bond donors (Lipinski definition) is 1. The molecule has 1 N–H and O–H groups in total. The van der Waals surface area contributed by atoms with Crippen LogP contribution < -0.4 is 5.32 Å². The maximum absolute atomic E-state index is 13.0. The van der Waals surface area contributed by atoms with Crippen molar-refractivity contribution < 1.29 is 4.79 Å². The molecule has 0 atom stereocenters. The lowest BCUT2D eigenvalue weighted by molar-refractivity contribution is -0.129.